The summed E-state index contributed by atoms with van der Waals surface area (Å²) in [7, 11) is 0. The molecule has 0 spiro atoms. The number of rotatable bonds is 3. The van der Waals surface area contributed by atoms with Crippen LogP contribution in [0.1, 0.15) is 28.9 Å². The highest BCUT2D eigenvalue weighted by Crippen LogP contribution is 2.18. The molecule has 0 bridgehead atoms. The Labute approximate surface area is 135 Å². The van der Waals surface area contributed by atoms with Gasteiger partial charge in [-0.3, -0.25) is 4.79 Å². The number of amides is 1. The zero-order valence-electron chi connectivity index (χ0n) is 12.7. The molecule has 0 saturated heterocycles. The molecule has 1 atom stereocenters. The summed E-state index contributed by atoms with van der Waals surface area (Å²) >= 11 is 0. The number of hydrogen-bond donors (Lipinski definition) is 1. The fraction of sp³-hybridized carbons (Fsp3) is 0.111. The summed E-state index contributed by atoms with van der Waals surface area (Å²) in [5.41, 5.74) is -0.465. The molecule has 0 fully saturated rings. The molecule has 1 amide bonds. The Morgan fingerprint density at radius 1 is 1.12 bits per heavy atom. The molecule has 24 heavy (non-hydrogen) atoms. The second-order valence-corrected chi connectivity index (χ2v) is 5.35. The first-order chi connectivity index (χ1) is 11.5. The fourth-order valence-electron chi connectivity index (χ4n) is 2.43. The molecule has 122 valence electrons. The predicted octanol–water partition coefficient (Wildman–Crippen LogP) is 3.56. The van der Waals surface area contributed by atoms with E-state index >= 15 is 0 Å². The van der Waals surface area contributed by atoms with Crippen molar-refractivity contribution in [1.82, 2.24) is 5.32 Å². The van der Waals surface area contributed by atoms with E-state index in [0.29, 0.717) is 11.0 Å². The molecule has 0 saturated carbocycles. The maximum atomic E-state index is 13.8. The number of hydrogen-bond acceptors (Lipinski definition) is 3. The van der Waals surface area contributed by atoms with E-state index in [1.54, 1.807) is 24.3 Å². The van der Waals surface area contributed by atoms with E-state index in [0.717, 1.165) is 12.1 Å². The Morgan fingerprint density at radius 2 is 1.88 bits per heavy atom. The van der Waals surface area contributed by atoms with Crippen molar-refractivity contribution in [3.05, 3.63) is 81.7 Å². The van der Waals surface area contributed by atoms with Crippen LogP contribution in [0.2, 0.25) is 0 Å². The normalized spacial score (nSPS) is 12.1. The summed E-state index contributed by atoms with van der Waals surface area (Å²) in [5, 5.41) is 3.12. The minimum absolute atomic E-state index is 0.120. The second kappa shape index (κ2) is 6.23. The van der Waals surface area contributed by atoms with Gasteiger partial charge < -0.3 is 9.73 Å². The third kappa shape index (κ3) is 3.03. The number of carbonyl (C=O) groups is 1. The largest absolute Gasteiger partial charge is 0.422 e. The quantitative estimate of drug-likeness (QED) is 0.748. The van der Waals surface area contributed by atoms with Gasteiger partial charge in [0.2, 0.25) is 0 Å². The standard InChI is InChI=1S/C18H13F2NO3/c1-10(13-7-6-12(19)9-15(13)20)21-17(22)14-8-11-4-2-3-5-16(11)24-18(14)23/h2-10H,1H3,(H,21,22)/t10-/m0/s1. The topological polar surface area (TPSA) is 59.3 Å². The summed E-state index contributed by atoms with van der Waals surface area (Å²) < 4.78 is 31.8. The lowest BCUT2D eigenvalue weighted by Crippen LogP contribution is -2.31. The van der Waals surface area contributed by atoms with Crippen molar-refractivity contribution >= 4 is 16.9 Å². The van der Waals surface area contributed by atoms with Crippen LogP contribution in [0.3, 0.4) is 0 Å². The van der Waals surface area contributed by atoms with Gasteiger partial charge in [-0.2, -0.15) is 0 Å². The summed E-state index contributed by atoms with van der Waals surface area (Å²) in [4.78, 5) is 24.3. The van der Waals surface area contributed by atoms with Gasteiger partial charge in [-0.05, 0) is 25.1 Å². The third-order valence-corrected chi connectivity index (χ3v) is 3.66. The average molecular weight is 329 g/mol. The highest BCUT2D eigenvalue weighted by atomic mass is 19.1. The van der Waals surface area contributed by atoms with Gasteiger partial charge in [-0.25, -0.2) is 13.6 Å². The predicted molar refractivity (Wildman–Crippen MR) is 84.7 cm³/mol. The molecular weight excluding hydrogens is 316 g/mol. The van der Waals surface area contributed by atoms with Gasteiger partial charge in [0, 0.05) is 17.0 Å². The van der Waals surface area contributed by atoms with Crippen molar-refractivity contribution in [2.75, 3.05) is 0 Å². The van der Waals surface area contributed by atoms with Crippen LogP contribution in [0.4, 0.5) is 8.78 Å². The van der Waals surface area contributed by atoms with Gasteiger partial charge >= 0.3 is 5.63 Å². The summed E-state index contributed by atoms with van der Waals surface area (Å²) in [6.07, 6.45) is 0. The van der Waals surface area contributed by atoms with Crippen LogP contribution >= 0.6 is 0 Å². The van der Waals surface area contributed by atoms with Gasteiger partial charge in [0.25, 0.3) is 5.91 Å². The van der Waals surface area contributed by atoms with Crippen LogP contribution in [0, 0.1) is 11.6 Å². The van der Waals surface area contributed by atoms with Crippen molar-refractivity contribution < 1.29 is 18.0 Å². The molecule has 0 aliphatic heterocycles. The Hall–Kier alpha value is -3.02. The van der Waals surface area contributed by atoms with Gasteiger partial charge in [0.1, 0.15) is 22.8 Å². The first-order valence-corrected chi connectivity index (χ1v) is 7.24. The molecule has 6 heteroatoms. The van der Waals surface area contributed by atoms with E-state index in [4.69, 9.17) is 4.42 Å². The molecule has 0 aliphatic carbocycles. The van der Waals surface area contributed by atoms with Crippen molar-refractivity contribution in [3.63, 3.8) is 0 Å². The molecule has 1 heterocycles. The van der Waals surface area contributed by atoms with Crippen molar-refractivity contribution in [2.24, 2.45) is 0 Å². The molecule has 0 unspecified atom stereocenters. The second-order valence-electron chi connectivity index (χ2n) is 5.35. The van der Waals surface area contributed by atoms with Crippen LogP contribution in [0.15, 0.2) is 57.7 Å². The highest BCUT2D eigenvalue weighted by molar-refractivity contribution is 5.96. The first kappa shape index (κ1) is 15.9. The van der Waals surface area contributed by atoms with Gasteiger partial charge in [0.05, 0.1) is 6.04 Å². The van der Waals surface area contributed by atoms with E-state index in [1.807, 2.05) is 0 Å². The lowest BCUT2D eigenvalue weighted by atomic mass is 10.1. The third-order valence-electron chi connectivity index (χ3n) is 3.66. The number of carbonyl (C=O) groups excluding carboxylic acids is 1. The minimum atomic E-state index is -0.780. The summed E-state index contributed by atoms with van der Waals surface area (Å²) in [5.74, 6) is -2.16. The van der Waals surface area contributed by atoms with E-state index in [1.165, 1.54) is 19.1 Å². The Balaban J connectivity index is 1.89. The minimum Gasteiger partial charge on any atom is -0.422 e. The van der Waals surface area contributed by atoms with Crippen molar-refractivity contribution in [1.29, 1.82) is 0 Å². The maximum Gasteiger partial charge on any atom is 0.349 e. The van der Waals surface area contributed by atoms with E-state index < -0.39 is 29.2 Å². The molecule has 0 radical (unpaired) electrons. The Kier molecular flexibility index (Phi) is 4.12. The van der Waals surface area contributed by atoms with Crippen LogP contribution in [0.25, 0.3) is 11.0 Å². The maximum absolute atomic E-state index is 13.8. The van der Waals surface area contributed by atoms with E-state index in [9.17, 15) is 18.4 Å². The lowest BCUT2D eigenvalue weighted by Gasteiger charge is -2.15. The molecule has 1 N–H and O–H groups in total. The number of halogens is 2. The van der Waals surface area contributed by atoms with E-state index in [-0.39, 0.29) is 11.1 Å². The fourth-order valence-corrected chi connectivity index (χ4v) is 2.43. The smallest absolute Gasteiger partial charge is 0.349 e. The highest BCUT2D eigenvalue weighted by Gasteiger charge is 2.18. The lowest BCUT2D eigenvalue weighted by molar-refractivity contribution is 0.0936. The number of para-hydroxylation sites is 1. The average Bonchev–Trinajstić information content (AvgIpc) is 2.53. The van der Waals surface area contributed by atoms with Crippen LogP contribution < -0.4 is 10.9 Å². The number of nitrogens with one attached hydrogen (secondary N) is 1. The molecule has 0 aliphatic rings. The zero-order chi connectivity index (χ0) is 17.3. The monoisotopic (exact) mass is 329 g/mol. The molecule has 1 aromatic heterocycles. The van der Waals surface area contributed by atoms with Gasteiger partial charge in [0.15, 0.2) is 0 Å². The number of benzene rings is 2. The van der Waals surface area contributed by atoms with Gasteiger partial charge in [-0.1, -0.05) is 24.3 Å². The van der Waals surface area contributed by atoms with Crippen LogP contribution in [-0.4, -0.2) is 5.91 Å². The van der Waals surface area contributed by atoms with Crippen molar-refractivity contribution in [3.8, 4) is 0 Å². The van der Waals surface area contributed by atoms with Crippen LogP contribution in [-0.2, 0) is 0 Å². The Morgan fingerprint density at radius 3 is 2.62 bits per heavy atom. The zero-order valence-corrected chi connectivity index (χ0v) is 12.7. The summed E-state index contributed by atoms with van der Waals surface area (Å²) in [6, 6.07) is 10.6. The SMILES string of the molecule is C[C@H](NC(=O)c1cc2ccccc2oc1=O)c1ccc(F)cc1F. The molecule has 4 nitrogen and oxygen atoms in total. The van der Waals surface area contributed by atoms with Crippen LogP contribution in [0.5, 0.6) is 0 Å². The molecule has 2 aromatic carbocycles. The molecular formula is C18H13F2NO3. The molecule has 3 aromatic rings. The van der Waals surface area contributed by atoms with E-state index in [2.05, 4.69) is 5.32 Å². The number of fused-ring (bicyclic) bond motifs is 1. The van der Waals surface area contributed by atoms with Crippen molar-refractivity contribution in [2.45, 2.75) is 13.0 Å². The summed E-state index contributed by atoms with van der Waals surface area (Å²) in [6.45, 7) is 1.54. The molecule has 3 rings (SSSR count). The van der Waals surface area contributed by atoms with Gasteiger partial charge in [-0.15, -0.1) is 0 Å². The first-order valence-electron chi connectivity index (χ1n) is 7.24. The Bertz CT molecular complexity index is 981.